The van der Waals surface area contributed by atoms with Crippen LogP contribution in [0.5, 0.6) is 0 Å². The molecule has 4 nitrogen and oxygen atoms in total. The summed E-state index contributed by atoms with van der Waals surface area (Å²) in [6.07, 6.45) is 5.16. The van der Waals surface area contributed by atoms with E-state index in [2.05, 4.69) is 21.4 Å². The van der Waals surface area contributed by atoms with E-state index in [0.29, 0.717) is 18.3 Å². The summed E-state index contributed by atoms with van der Waals surface area (Å²) in [5.74, 6) is 3.75. The van der Waals surface area contributed by atoms with Crippen LogP contribution in [-0.2, 0) is 6.54 Å². The number of hydrogen-bond acceptors (Lipinski definition) is 4. The van der Waals surface area contributed by atoms with Crippen LogP contribution in [0.25, 0.3) is 0 Å². The van der Waals surface area contributed by atoms with Gasteiger partial charge >= 0.3 is 0 Å². The third-order valence-corrected chi connectivity index (χ3v) is 1.39. The van der Waals surface area contributed by atoms with Crippen LogP contribution in [0.15, 0.2) is 4.52 Å². The zero-order valence-electron chi connectivity index (χ0n) is 7.16. The maximum Gasteiger partial charge on any atom is 0.223 e. The average Bonchev–Trinajstić information content (AvgIpc) is 2.47. The number of nitrogens with zero attached hydrogens (tertiary/aromatic N) is 2. The first-order valence-electron chi connectivity index (χ1n) is 3.71. The van der Waals surface area contributed by atoms with Crippen molar-refractivity contribution in [2.45, 2.75) is 26.4 Å². The Balaban J connectivity index is 2.39. The zero-order chi connectivity index (χ0) is 8.97. The van der Waals surface area contributed by atoms with E-state index in [9.17, 15) is 0 Å². The highest BCUT2D eigenvalue weighted by molar-refractivity contribution is 4.96. The normalized spacial score (nSPS) is 12.4. The van der Waals surface area contributed by atoms with Gasteiger partial charge in [-0.25, -0.2) is 0 Å². The molecule has 0 radical (unpaired) electrons. The summed E-state index contributed by atoms with van der Waals surface area (Å²) in [6, 6.07) is 0.0313. The summed E-state index contributed by atoms with van der Waals surface area (Å²) in [5, 5.41) is 6.75. The van der Waals surface area contributed by atoms with Crippen molar-refractivity contribution in [2.24, 2.45) is 0 Å². The molecule has 12 heavy (non-hydrogen) atoms. The van der Waals surface area contributed by atoms with Crippen LogP contribution >= 0.6 is 0 Å². The Bertz CT molecular complexity index is 287. The van der Waals surface area contributed by atoms with Gasteiger partial charge in [0.25, 0.3) is 0 Å². The quantitative estimate of drug-likeness (QED) is 0.662. The fraction of sp³-hybridized carbons (Fsp3) is 0.500. The van der Waals surface area contributed by atoms with E-state index in [-0.39, 0.29) is 6.04 Å². The van der Waals surface area contributed by atoms with Gasteiger partial charge in [0, 0.05) is 6.92 Å². The second-order valence-electron chi connectivity index (χ2n) is 2.50. The van der Waals surface area contributed by atoms with Crippen LogP contribution in [0.2, 0.25) is 0 Å². The maximum absolute atomic E-state index is 5.16. The van der Waals surface area contributed by atoms with Crippen LogP contribution < -0.4 is 5.32 Å². The van der Waals surface area contributed by atoms with E-state index in [4.69, 9.17) is 10.9 Å². The molecule has 0 aliphatic heterocycles. The van der Waals surface area contributed by atoms with Gasteiger partial charge in [-0.3, -0.25) is 5.32 Å². The molecule has 0 fully saturated rings. The van der Waals surface area contributed by atoms with Crippen molar-refractivity contribution in [1.82, 2.24) is 15.5 Å². The van der Waals surface area contributed by atoms with Crippen LogP contribution in [0.1, 0.15) is 18.6 Å². The van der Waals surface area contributed by atoms with Gasteiger partial charge in [-0.05, 0) is 6.92 Å². The van der Waals surface area contributed by atoms with Crippen LogP contribution in [-0.4, -0.2) is 16.2 Å². The third-order valence-electron chi connectivity index (χ3n) is 1.39. The lowest BCUT2D eigenvalue weighted by Gasteiger charge is -2.02. The molecule has 0 spiro atoms. The van der Waals surface area contributed by atoms with E-state index >= 15 is 0 Å². The van der Waals surface area contributed by atoms with E-state index in [0.717, 1.165) is 0 Å². The number of nitrogens with one attached hydrogen (secondary N) is 1. The van der Waals surface area contributed by atoms with Crippen LogP contribution in [0.4, 0.5) is 0 Å². The zero-order valence-corrected chi connectivity index (χ0v) is 7.16. The van der Waals surface area contributed by atoms with Gasteiger partial charge in [-0.2, -0.15) is 4.98 Å². The van der Waals surface area contributed by atoms with E-state index in [1.807, 2.05) is 6.92 Å². The molecule has 1 N–H and O–H groups in total. The number of aromatic nitrogens is 2. The highest BCUT2D eigenvalue weighted by atomic mass is 16.5. The van der Waals surface area contributed by atoms with Gasteiger partial charge in [0.2, 0.25) is 5.89 Å². The third kappa shape index (κ3) is 2.36. The fourth-order valence-corrected chi connectivity index (χ4v) is 0.716. The van der Waals surface area contributed by atoms with Gasteiger partial charge in [-0.15, -0.1) is 6.42 Å². The molecular weight excluding hydrogens is 154 g/mol. The number of rotatable bonds is 3. The second-order valence-corrected chi connectivity index (χ2v) is 2.50. The molecule has 0 saturated carbocycles. The fourth-order valence-electron chi connectivity index (χ4n) is 0.716. The van der Waals surface area contributed by atoms with E-state index < -0.39 is 0 Å². The highest BCUT2D eigenvalue weighted by Crippen LogP contribution is 1.94. The number of aryl methyl sites for hydroxylation is 1. The van der Waals surface area contributed by atoms with Crippen LogP contribution in [0.3, 0.4) is 0 Å². The predicted octanol–water partition coefficient (Wildman–Crippen LogP) is 0.489. The van der Waals surface area contributed by atoms with Crippen molar-refractivity contribution in [2.75, 3.05) is 0 Å². The predicted molar refractivity (Wildman–Crippen MR) is 44.2 cm³/mol. The van der Waals surface area contributed by atoms with Crippen molar-refractivity contribution >= 4 is 0 Å². The van der Waals surface area contributed by atoms with Gasteiger partial charge in [-0.1, -0.05) is 11.1 Å². The summed E-state index contributed by atoms with van der Waals surface area (Å²) in [7, 11) is 0. The number of hydrogen-bond donors (Lipinski definition) is 1. The lowest BCUT2D eigenvalue weighted by Crippen LogP contribution is -2.24. The van der Waals surface area contributed by atoms with Crippen molar-refractivity contribution in [3.8, 4) is 12.3 Å². The van der Waals surface area contributed by atoms with Gasteiger partial charge in [0.15, 0.2) is 5.82 Å². The SMILES string of the molecule is C#CC(C)NCc1noc(C)n1. The molecule has 0 aromatic carbocycles. The number of terminal acetylenes is 1. The maximum atomic E-state index is 5.16. The minimum Gasteiger partial charge on any atom is -0.340 e. The lowest BCUT2D eigenvalue weighted by atomic mass is 10.3. The largest absolute Gasteiger partial charge is 0.340 e. The molecule has 0 aliphatic rings. The Morgan fingerprint density at radius 2 is 2.50 bits per heavy atom. The Morgan fingerprint density at radius 1 is 1.75 bits per heavy atom. The topological polar surface area (TPSA) is 51.0 Å². The summed E-state index contributed by atoms with van der Waals surface area (Å²) in [5.41, 5.74) is 0. The highest BCUT2D eigenvalue weighted by Gasteiger charge is 2.02. The smallest absolute Gasteiger partial charge is 0.223 e. The molecule has 1 atom stereocenters. The molecule has 0 bridgehead atoms. The molecule has 1 aromatic rings. The first kappa shape index (κ1) is 8.75. The Labute approximate surface area is 71.4 Å². The molecule has 1 rings (SSSR count). The van der Waals surface area contributed by atoms with Gasteiger partial charge in [0.1, 0.15) is 0 Å². The molecule has 0 saturated heterocycles. The summed E-state index contributed by atoms with van der Waals surface area (Å²) in [6.45, 7) is 4.19. The van der Waals surface area contributed by atoms with E-state index in [1.165, 1.54) is 0 Å². The molecular formula is C8H11N3O. The van der Waals surface area contributed by atoms with Crippen LogP contribution in [0, 0.1) is 19.3 Å². The molecule has 0 aliphatic carbocycles. The molecule has 1 heterocycles. The summed E-state index contributed by atoms with van der Waals surface area (Å²) < 4.78 is 4.78. The second kappa shape index (κ2) is 3.88. The molecule has 1 aromatic heterocycles. The van der Waals surface area contributed by atoms with Gasteiger partial charge in [0.05, 0.1) is 12.6 Å². The van der Waals surface area contributed by atoms with Crippen molar-refractivity contribution in [3.05, 3.63) is 11.7 Å². The molecule has 4 heteroatoms. The lowest BCUT2D eigenvalue weighted by molar-refractivity contribution is 0.385. The summed E-state index contributed by atoms with van der Waals surface area (Å²) >= 11 is 0. The molecule has 1 unspecified atom stereocenters. The van der Waals surface area contributed by atoms with Gasteiger partial charge < -0.3 is 4.52 Å². The minimum atomic E-state index is 0.0313. The van der Waals surface area contributed by atoms with Crippen molar-refractivity contribution in [3.63, 3.8) is 0 Å². The average molecular weight is 165 g/mol. The Morgan fingerprint density at radius 3 is 3.00 bits per heavy atom. The first-order chi connectivity index (χ1) is 5.72. The Kier molecular flexibility index (Phi) is 2.83. The Hall–Kier alpha value is -1.34. The standard InChI is InChI=1S/C8H11N3O/c1-4-6(2)9-5-8-10-7(3)12-11-8/h1,6,9H,5H2,2-3H3. The monoisotopic (exact) mass is 165 g/mol. The van der Waals surface area contributed by atoms with Crippen molar-refractivity contribution < 1.29 is 4.52 Å². The first-order valence-corrected chi connectivity index (χ1v) is 3.71. The molecule has 0 amide bonds. The summed E-state index contributed by atoms with van der Waals surface area (Å²) in [4.78, 5) is 4.01. The molecule has 64 valence electrons. The minimum absolute atomic E-state index is 0.0313. The van der Waals surface area contributed by atoms with E-state index in [1.54, 1.807) is 6.92 Å². The van der Waals surface area contributed by atoms with Crippen molar-refractivity contribution in [1.29, 1.82) is 0 Å².